The van der Waals surface area contributed by atoms with Gasteiger partial charge in [0, 0.05) is 6.92 Å². The van der Waals surface area contributed by atoms with Gasteiger partial charge in [-0.15, -0.1) is 6.58 Å². The highest BCUT2D eigenvalue weighted by Crippen LogP contribution is 2.27. The molecule has 1 aliphatic heterocycles. The molecule has 0 N–H and O–H groups in total. The Balaban J connectivity index is 2.44. The number of carbonyl (C=O) groups excluding carboxylic acids is 1. The van der Waals surface area contributed by atoms with Crippen molar-refractivity contribution in [2.45, 2.75) is 25.6 Å². The van der Waals surface area contributed by atoms with E-state index in [0.29, 0.717) is 6.42 Å². The first kappa shape index (κ1) is 12.5. The van der Waals surface area contributed by atoms with Gasteiger partial charge in [0.25, 0.3) is 0 Å². The van der Waals surface area contributed by atoms with Crippen LogP contribution in [0.1, 0.15) is 13.3 Å². The van der Waals surface area contributed by atoms with Crippen LogP contribution in [0.5, 0.6) is 0 Å². The molecule has 0 spiro atoms. The lowest BCUT2D eigenvalue weighted by atomic mass is 10.0. The van der Waals surface area contributed by atoms with Crippen LogP contribution in [-0.4, -0.2) is 24.8 Å². The minimum Gasteiger partial charge on any atom is -0.462 e. The minimum absolute atomic E-state index is 0.0620. The van der Waals surface area contributed by atoms with Crippen LogP contribution in [0.3, 0.4) is 0 Å². The summed E-state index contributed by atoms with van der Waals surface area (Å²) in [4.78, 5) is 10.5. The van der Waals surface area contributed by atoms with Gasteiger partial charge in [-0.3, -0.25) is 4.79 Å². The topological polar surface area (TPSA) is 59.3 Å². The van der Waals surface area contributed by atoms with Crippen LogP contribution in [-0.2, 0) is 14.3 Å². The number of hydrogen-bond acceptors (Lipinski definition) is 4. The first-order valence-corrected chi connectivity index (χ1v) is 5.15. The molecule has 1 fully saturated rings. The standard InChI is InChI=1S/C12H15NO3/c1-3-11-7-10(8-13)12(16-11)5-4-6-15-9(2)14/h3-5,10-12H,1,6-7H2,2H3/b5-4-/t10-,11+,12-/m0/s1. The molecule has 0 bridgehead atoms. The van der Waals surface area contributed by atoms with Gasteiger partial charge < -0.3 is 9.47 Å². The normalized spacial score (nSPS) is 28.9. The Labute approximate surface area is 95.1 Å². The molecule has 1 rings (SSSR count). The number of nitrogens with zero attached hydrogens (tertiary/aromatic N) is 1. The molecule has 0 aromatic carbocycles. The maximum Gasteiger partial charge on any atom is 0.302 e. The van der Waals surface area contributed by atoms with Gasteiger partial charge in [-0.1, -0.05) is 12.2 Å². The van der Waals surface area contributed by atoms with E-state index in [1.165, 1.54) is 6.92 Å². The molecule has 16 heavy (non-hydrogen) atoms. The van der Waals surface area contributed by atoms with E-state index < -0.39 is 0 Å². The minimum atomic E-state index is -0.321. The lowest BCUT2D eigenvalue weighted by Gasteiger charge is -2.07. The number of esters is 1. The third-order valence-corrected chi connectivity index (χ3v) is 2.35. The highest BCUT2D eigenvalue weighted by atomic mass is 16.5. The summed E-state index contributed by atoms with van der Waals surface area (Å²) in [5.41, 5.74) is 0. The SMILES string of the molecule is C=C[C@@H]1C[C@@H](C#N)[C@H](/C=C\COC(C)=O)O1. The van der Waals surface area contributed by atoms with Gasteiger partial charge in [0.05, 0.1) is 24.2 Å². The van der Waals surface area contributed by atoms with Gasteiger partial charge >= 0.3 is 5.97 Å². The Hall–Kier alpha value is -1.60. The van der Waals surface area contributed by atoms with Crippen molar-refractivity contribution in [1.82, 2.24) is 0 Å². The van der Waals surface area contributed by atoms with E-state index in [9.17, 15) is 4.79 Å². The average molecular weight is 221 g/mol. The first-order valence-electron chi connectivity index (χ1n) is 5.15. The monoisotopic (exact) mass is 221 g/mol. The van der Waals surface area contributed by atoms with E-state index in [1.54, 1.807) is 18.2 Å². The van der Waals surface area contributed by atoms with Crippen molar-refractivity contribution in [3.63, 3.8) is 0 Å². The average Bonchev–Trinajstić information content (AvgIpc) is 2.66. The van der Waals surface area contributed by atoms with Gasteiger partial charge in [0.15, 0.2) is 0 Å². The second-order valence-electron chi connectivity index (χ2n) is 3.58. The number of hydrogen-bond donors (Lipinski definition) is 0. The summed E-state index contributed by atoms with van der Waals surface area (Å²) in [5.74, 6) is -0.477. The van der Waals surface area contributed by atoms with E-state index in [1.807, 2.05) is 0 Å². The summed E-state index contributed by atoms with van der Waals surface area (Å²) in [6, 6.07) is 2.20. The molecular weight excluding hydrogens is 206 g/mol. The Kier molecular flexibility index (Phi) is 4.74. The molecule has 0 unspecified atom stereocenters. The fourth-order valence-corrected chi connectivity index (χ4v) is 1.55. The Morgan fingerprint density at radius 2 is 2.50 bits per heavy atom. The zero-order valence-corrected chi connectivity index (χ0v) is 9.26. The predicted octanol–water partition coefficient (Wildman–Crippen LogP) is 1.59. The molecular formula is C12H15NO3. The number of carbonyl (C=O) groups is 1. The lowest BCUT2D eigenvalue weighted by Crippen LogP contribution is -2.12. The zero-order chi connectivity index (χ0) is 12.0. The zero-order valence-electron chi connectivity index (χ0n) is 9.26. The fraction of sp³-hybridized carbons (Fsp3) is 0.500. The van der Waals surface area contributed by atoms with Crippen molar-refractivity contribution in [3.05, 3.63) is 24.8 Å². The summed E-state index contributed by atoms with van der Waals surface area (Å²) >= 11 is 0. The molecule has 0 aromatic heterocycles. The molecule has 0 aromatic rings. The van der Waals surface area contributed by atoms with Crippen LogP contribution >= 0.6 is 0 Å². The van der Waals surface area contributed by atoms with Crippen LogP contribution in [0.25, 0.3) is 0 Å². The molecule has 0 amide bonds. The third kappa shape index (κ3) is 3.52. The summed E-state index contributed by atoms with van der Waals surface area (Å²) in [5, 5.41) is 8.91. The predicted molar refractivity (Wildman–Crippen MR) is 58.4 cm³/mol. The number of nitriles is 1. The molecule has 0 radical (unpaired) electrons. The maximum absolute atomic E-state index is 10.5. The molecule has 3 atom stereocenters. The quantitative estimate of drug-likeness (QED) is 0.534. The van der Waals surface area contributed by atoms with Crippen LogP contribution in [0.4, 0.5) is 0 Å². The highest BCUT2D eigenvalue weighted by Gasteiger charge is 2.31. The molecule has 4 heteroatoms. The lowest BCUT2D eigenvalue weighted by molar-refractivity contribution is -0.139. The smallest absolute Gasteiger partial charge is 0.302 e. The largest absolute Gasteiger partial charge is 0.462 e. The fourth-order valence-electron chi connectivity index (χ4n) is 1.55. The van der Waals surface area contributed by atoms with Crippen LogP contribution in [0, 0.1) is 17.2 Å². The van der Waals surface area contributed by atoms with E-state index >= 15 is 0 Å². The number of ether oxygens (including phenoxy) is 2. The second-order valence-corrected chi connectivity index (χ2v) is 3.58. The van der Waals surface area contributed by atoms with Crippen LogP contribution in [0.15, 0.2) is 24.8 Å². The van der Waals surface area contributed by atoms with E-state index in [0.717, 1.165) is 0 Å². The Morgan fingerprint density at radius 1 is 1.75 bits per heavy atom. The summed E-state index contributed by atoms with van der Waals surface area (Å²) in [6.45, 7) is 5.20. The van der Waals surface area contributed by atoms with Gasteiger partial charge in [0.2, 0.25) is 0 Å². The van der Waals surface area contributed by atoms with Crippen molar-refractivity contribution >= 4 is 5.97 Å². The second kappa shape index (κ2) is 6.09. The summed E-state index contributed by atoms with van der Waals surface area (Å²) in [6.07, 6.45) is 5.53. The molecule has 1 saturated heterocycles. The first-order chi connectivity index (χ1) is 7.67. The molecule has 86 valence electrons. The van der Waals surface area contributed by atoms with Crippen LogP contribution < -0.4 is 0 Å². The van der Waals surface area contributed by atoms with Crippen molar-refractivity contribution in [2.24, 2.45) is 5.92 Å². The molecule has 1 heterocycles. The van der Waals surface area contributed by atoms with Gasteiger partial charge in [-0.25, -0.2) is 0 Å². The van der Waals surface area contributed by atoms with E-state index in [-0.39, 0.29) is 30.7 Å². The van der Waals surface area contributed by atoms with Gasteiger partial charge in [-0.05, 0) is 12.5 Å². The Morgan fingerprint density at radius 3 is 3.06 bits per heavy atom. The molecule has 0 saturated carbocycles. The third-order valence-electron chi connectivity index (χ3n) is 2.35. The summed E-state index contributed by atoms with van der Waals surface area (Å²) in [7, 11) is 0. The van der Waals surface area contributed by atoms with Crippen molar-refractivity contribution < 1.29 is 14.3 Å². The van der Waals surface area contributed by atoms with Gasteiger partial charge in [0.1, 0.15) is 6.61 Å². The number of rotatable bonds is 4. The Bertz CT molecular complexity index is 330. The van der Waals surface area contributed by atoms with Crippen molar-refractivity contribution in [1.29, 1.82) is 5.26 Å². The van der Waals surface area contributed by atoms with Gasteiger partial charge in [-0.2, -0.15) is 5.26 Å². The van der Waals surface area contributed by atoms with Crippen molar-refractivity contribution in [3.8, 4) is 6.07 Å². The molecule has 4 nitrogen and oxygen atoms in total. The van der Waals surface area contributed by atoms with E-state index in [4.69, 9.17) is 14.7 Å². The summed E-state index contributed by atoms with van der Waals surface area (Å²) < 4.78 is 10.3. The van der Waals surface area contributed by atoms with Crippen LogP contribution in [0.2, 0.25) is 0 Å². The highest BCUT2D eigenvalue weighted by molar-refractivity contribution is 5.65. The van der Waals surface area contributed by atoms with E-state index in [2.05, 4.69) is 12.6 Å². The van der Waals surface area contributed by atoms with Crippen molar-refractivity contribution in [2.75, 3.05) is 6.61 Å². The maximum atomic E-state index is 10.5. The molecule has 1 aliphatic rings. The molecule has 0 aliphatic carbocycles.